The highest BCUT2D eigenvalue weighted by molar-refractivity contribution is 5.94. The van der Waals surface area contributed by atoms with Crippen molar-refractivity contribution in [1.82, 2.24) is 10.2 Å². The maximum atomic E-state index is 12.7. The summed E-state index contributed by atoms with van der Waals surface area (Å²) in [5.74, 6) is 0.438. The second-order valence-corrected chi connectivity index (χ2v) is 7.22. The topological polar surface area (TPSA) is 49.4 Å². The van der Waals surface area contributed by atoms with Crippen LogP contribution in [-0.4, -0.2) is 23.3 Å². The van der Waals surface area contributed by atoms with Crippen LogP contribution in [0.25, 0.3) is 0 Å². The van der Waals surface area contributed by atoms with Gasteiger partial charge in [-0.05, 0) is 35.6 Å². The lowest BCUT2D eigenvalue weighted by molar-refractivity contribution is -0.128. The largest absolute Gasteiger partial charge is 0.345 e. The number of hydrogen-bond acceptors (Lipinski definition) is 2. The van der Waals surface area contributed by atoms with Crippen molar-refractivity contribution in [2.24, 2.45) is 5.92 Å². The third-order valence-electron chi connectivity index (χ3n) is 4.87. The molecule has 0 radical (unpaired) electrons. The van der Waals surface area contributed by atoms with E-state index in [2.05, 4.69) is 19.2 Å². The Hall–Kier alpha value is -2.62. The van der Waals surface area contributed by atoms with Crippen molar-refractivity contribution < 1.29 is 9.59 Å². The van der Waals surface area contributed by atoms with Crippen LogP contribution in [0, 0.1) is 5.92 Å². The zero-order valence-corrected chi connectivity index (χ0v) is 15.4. The Morgan fingerprint density at radius 2 is 1.77 bits per heavy atom. The van der Waals surface area contributed by atoms with Crippen LogP contribution in [0.1, 0.15) is 54.2 Å². The van der Waals surface area contributed by atoms with E-state index in [-0.39, 0.29) is 17.9 Å². The van der Waals surface area contributed by atoms with E-state index in [1.165, 1.54) is 0 Å². The summed E-state index contributed by atoms with van der Waals surface area (Å²) >= 11 is 0. The summed E-state index contributed by atoms with van der Waals surface area (Å²) in [7, 11) is 0. The molecule has 1 fully saturated rings. The van der Waals surface area contributed by atoms with Crippen LogP contribution < -0.4 is 5.32 Å². The van der Waals surface area contributed by atoms with E-state index >= 15 is 0 Å². The molecule has 1 heterocycles. The van der Waals surface area contributed by atoms with Crippen molar-refractivity contribution in [2.45, 2.75) is 39.3 Å². The predicted octanol–water partition coefficient (Wildman–Crippen LogP) is 3.94. The summed E-state index contributed by atoms with van der Waals surface area (Å²) in [5.41, 5.74) is 2.81. The van der Waals surface area contributed by atoms with E-state index in [0.29, 0.717) is 24.4 Å². The molecule has 1 aliphatic heterocycles. The molecular formula is C22H26N2O2. The van der Waals surface area contributed by atoms with E-state index in [9.17, 15) is 9.59 Å². The number of hydrogen-bond donors (Lipinski definition) is 1. The maximum Gasteiger partial charge on any atom is 0.251 e. The first-order valence-electron chi connectivity index (χ1n) is 9.27. The van der Waals surface area contributed by atoms with Gasteiger partial charge in [0.2, 0.25) is 5.91 Å². The number of likely N-dealkylation sites (tertiary alicyclic amines) is 1. The molecular weight excluding hydrogens is 324 g/mol. The first kappa shape index (κ1) is 18.2. The zero-order valence-electron chi connectivity index (χ0n) is 15.4. The minimum absolute atomic E-state index is 0.0226. The average molecular weight is 350 g/mol. The van der Waals surface area contributed by atoms with Gasteiger partial charge < -0.3 is 10.2 Å². The molecule has 4 heteroatoms. The lowest BCUT2D eigenvalue weighted by atomic mass is 9.95. The molecule has 1 aliphatic rings. The van der Waals surface area contributed by atoms with Gasteiger partial charge in [0.05, 0.1) is 6.04 Å². The van der Waals surface area contributed by atoms with Crippen LogP contribution in [0.4, 0.5) is 0 Å². The number of rotatable bonds is 6. The van der Waals surface area contributed by atoms with Crippen LogP contribution in [0.2, 0.25) is 0 Å². The molecule has 1 saturated heterocycles. The Labute approximate surface area is 155 Å². The third-order valence-corrected chi connectivity index (χ3v) is 4.87. The molecule has 4 nitrogen and oxygen atoms in total. The maximum absolute atomic E-state index is 12.7. The first-order chi connectivity index (χ1) is 12.5. The van der Waals surface area contributed by atoms with Gasteiger partial charge in [-0.3, -0.25) is 9.59 Å². The van der Waals surface area contributed by atoms with E-state index in [1.807, 2.05) is 59.5 Å². The zero-order chi connectivity index (χ0) is 18.5. The highest BCUT2D eigenvalue weighted by Gasteiger charge is 2.21. The molecule has 0 aromatic heterocycles. The lowest BCUT2D eigenvalue weighted by Gasteiger charge is -2.23. The van der Waals surface area contributed by atoms with Gasteiger partial charge in [0.25, 0.3) is 5.91 Å². The fourth-order valence-corrected chi connectivity index (χ4v) is 3.37. The van der Waals surface area contributed by atoms with Gasteiger partial charge in [-0.1, -0.05) is 56.3 Å². The van der Waals surface area contributed by atoms with Gasteiger partial charge in [-0.25, -0.2) is 0 Å². The lowest BCUT2D eigenvalue weighted by Crippen LogP contribution is -2.31. The normalized spacial score (nSPS) is 15.3. The highest BCUT2D eigenvalue weighted by atomic mass is 16.2. The molecule has 26 heavy (non-hydrogen) atoms. The van der Waals surface area contributed by atoms with Crippen molar-refractivity contribution in [3.05, 3.63) is 71.3 Å². The van der Waals surface area contributed by atoms with Crippen molar-refractivity contribution >= 4 is 11.8 Å². The molecule has 0 spiro atoms. The van der Waals surface area contributed by atoms with Gasteiger partial charge >= 0.3 is 0 Å². The van der Waals surface area contributed by atoms with Crippen molar-refractivity contribution in [3.8, 4) is 0 Å². The van der Waals surface area contributed by atoms with Crippen LogP contribution in [0.3, 0.4) is 0 Å². The Morgan fingerprint density at radius 1 is 1.08 bits per heavy atom. The Kier molecular flexibility index (Phi) is 5.71. The quantitative estimate of drug-likeness (QED) is 0.858. The van der Waals surface area contributed by atoms with Crippen molar-refractivity contribution in [3.63, 3.8) is 0 Å². The molecule has 1 N–H and O–H groups in total. The summed E-state index contributed by atoms with van der Waals surface area (Å²) in [6, 6.07) is 17.6. The number of carbonyl (C=O) groups is 2. The molecule has 1 unspecified atom stereocenters. The van der Waals surface area contributed by atoms with Crippen molar-refractivity contribution in [2.75, 3.05) is 6.54 Å². The minimum Gasteiger partial charge on any atom is -0.345 e. The van der Waals surface area contributed by atoms with E-state index in [4.69, 9.17) is 0 Å². The molecule has 0 aliphatic carbocycles. The number of nitrogens with zero attached hydrogens (tertiary/aromatic N) is 1. The third kappa shape index (κ3) is 4.31. The smallest absolute Gasteiger partial charge is 0.251 e. The molecule has 2 amide bonds. The molecule has 0 bridgehead atoms. The van der Waals surface area contributed by atoms with Gasteiger partial charge in [-0.2, -0.15) is 0 Å². The standard InChI is InChI=1S/C22H26N2O2/c1-16(2)21(18-7-4-3-5-8-18)23-22(26)19-12-10-17(11-13-19)15-24-14-6-9-20(24)25/h3-5,7-8,10-13,16,21H,6,9,14-15H2,1-2H3,(H,23,26). The number of amides is 2. The van der Waals surface area contributed by atoms with Crippen LogP contribution in [0.15, 0.2) is 54.6 Å². The second kappa shape index (κ2) is 8.17. The van der Waals surface area contributed by atoms with Gasteiger partial charge in [0.1, 0.15) is 0 Å². The predicted molar refractivity (Wildman–Crippen MR) is 103 cm³/mol. The first-order valence-corrected chi connectivity index (χ1v) is 9.27. The molecule has 3 rings (SSSR count). The Morgan fingerprint density at radius 3 is 2.35 bits per heavy atom. The molecule has 2 aromatic carbocycles. The number of benzene rings is 2. The molecule has 1 atom stereocenters. The van der Waals surface area contributed by atoms with Gasteiger partial charge in [0, 0.05) is 25.1 Å². The van der Waals surface area contributed by atoms with Crippen LogP contribution in [0.5, 0.6) is 0 Å². The second-order valence-electron chi connectivity index (χ2n) is 7.22. The van der Waals surface area contributed by atoms with Gasteiger partial charge in [-0.15, -0.1) is 0 Å². The summed E-state index contributed by atoms with van der Waals surface area (Å²) in [6.45, 7) is 5.66. The van der Waals surface area contributed by atoms with Gasteiger partial charge in [0.15, 0.2) is 0 Å². The fraction of sp³-hybridized carbons (Fsp3) is 0.364. The van der Waals surface area contributed by atoms with Crippen molar-refractivity contribution in [1.29, 1.82) is 0 Å². The number of carbonyl (C=O) groups excluding carboxylic acids is 2. The van der Waals surface area contributed by atoms with E-state index in [0.717, 1.165) is 24.1 Å². The Bertz CT molecular complexity index is 753. The summed E-state index contributed by atoms with van der Waals surface area (Å²) in [4.78, 5) is 26.3. The summed E-state index contributed by atoms with van der Waals surface area (Å²) in [5, 5.41) is 3.15. The highest BCUT2D eigenvalue weighted by Crippen LogP contribution is 2.22. The van der Waals surface area contributed by atoms with Crippen LogP contribution in [-0.2, 0) is 11.3 Å². The fourth-order valence-electron chi connectivity index (χ4n) is 3.37. The van der Waals surface area contributed by atoms with E-state index in [1.54, 1.807) is 0 Å². The molecule has 0 saturated carbocycles. The number of nitrogens with one attached hydrogen (secondary N) is 1. The minimum atomic E-state index is -0.0728. The van der Waals surface area contributed by atoms with Crippen LogP contribution >= 0.6 is 0 Å². The SMILES string of the molecule is CC(C)C(NC(=O)c1ccc(CN2CCCC2=O)cc1)c1ccccc1. The Balaban J connectivity index is 1.66. The summed E-state index contributed by atoms with van der Waals surface area (Å²) < 4.78 is 0. The average Bonchev–Trinajstić information content (AvgIpc) is 3.05. The molecule has 2 aromatic rings. The van der Waals surface area contributed by atoms with E-state index < -0.39 is 0 Å². The summed E-state index contributed by atoms with van der Waals surface area (Å²) in [6.07, 6.45) is 1.59. The monoisotopic (exact) mass is 350 g/mol. The molecule has 136 valence electrons.